The van der Waals surface area contributed by atoms with Gasteiger partial charge in [0.25, 0.3) is 5.91 Å². The second-order valence-corrected chi connectivity index (χ2v) is 7.83. The molecule has 3 amide bonds. The van der Waals surface area contributed by atoms with Gasteiger partial charge in [0, 0.05) is 5.92 Å². The Morgan fingerprint density at radius 1 is 1.12 bits per heavy atom. The molecule has 0 saturated carbocycles. The van der Waals surface area contributed by atoms with Crippen LogP contribution in [0.3, 0.4) is 0 Å². The molecule has 144 valence electrons. The van der Waals surface area contributed by atoms with Crippen LogP contribution in [-0.2, 0) is 14.3 Å². The monoisotopic (exact) mass is 356 g/mol. The summed E-state index contributed by atoms with van der Waals surface area (Å²) in [4.78, 5) is 36.4. The number of hydrogen-bond acceptors (Lipinski definition) is 5. The third kappa shape index (κ3) is 8.72. The fraction of sp³-hybridized carbons (Fsp3) is 0.824. The summed E-state index contributed by atoms with van der Waals surface area (Å²) in [5, 5.41) is 5.76. The maximum Gasteiger partial charge on any atom is 0.408 e. The lowest BCUT2D eigenvalue weighted by atomic mass is 9.98. The van der Waals surface area contributed by atoms with E-state index < -0.39 is 23.6 Å². The molecule has 1 aliphatic heterocycles. The second kappa shape index (κ2) is 9.60. The van der Waals surface area contributed by atoms with E-state index in [0.29, 0.717) is 6.42 Å². The molecule has 0 unspecified atom stereocenters. The molecule has 0 spiro atoms. The Labute approximate surface area is 149 Å². The lowest BCUT2D eigenvalue weighted by Crippen LogP contribution is -2.54. The van der Waals surface area contributed by atoms with Crippen LogP contribution in [0.1, 0.15) is 53.9 Å². The zero-order chi connectivity index (χ0) is 19.0. The van der Waals surface area contributed by atoms with Gasteiger partial charge in [0.05, 0.1) is 0 Å². The third-order valence-corrected chi connectivity index (χ3v) is 3.73. The van der Waals surface area contributed by atoms with Crippen LogP contribution in [0.4, 0.5) is 4.79 Å². The van der Waals surface area contributed by atoms with E-state index in [1.165, 1.54) is 0 Å². The highest BCUT2D eigenvalue weighted by Gasteiger charge is 2.26. The molecule has 0 aromatic rings. The molecule has 0 aliphatic carbocycles. The highest BCUT2D eigenvalue weighted by molar-refractivity contribution is 5.88. The van der Waals surface area contributed by atoms with Gasteiger partial charge in [-0.25, -0.2) is 4.79 Å². The first-order valence-corrected chi connectivity index (χ1v) is 8.88. The molecular formula is C17H32N4O4. The van der Waals surface area contributed by atoms with Crippen LogP contribution in [0.25, 0.3) is 0 Å². The van der Waals surface area contributed by atoms with Crippen LogP contribution in [0, 0.1) is 11.8 Å². The number of hydrogen-bond donors (Lipinski definition) is 4. The number of carbonyl (C=O) groups is 3. The van der Waals surface area contributed by atoms with Crippen molar-refractivity contribution in [1.82, 2.24) is 21.5 Å². The number of ether oxygens (including phenoxy) is 1. The van der Waals surface area contributed by atoms with Gasteiger partial charge in [0.15, 0.2) is 0 Å². The van der Waals surface area contributed by atoms with E-state index >= 15 is 0 Å². The zero-order valence-electron chi connectivity index (χ0n) is 15.9. The number of alkyl carbamates (subject to hydrolysis) is 1. The van der Waals surface area contributed by atoms with Crippen molar-refractivity contribution in [3.05, 3.63) is 0 Å². The molecule has 1 fully saturated rings. The van der Waals surface area contributed by atoms with Gasteiger partial charge in [-0.2, -0.15) is 0 Å². The average Bonchev–Trinajstić information content (AvgIpc) is 2.50. The fourth-order valence-corrected chi connectivity index (χ4v) is 2.55. The first-order chi connectivity index (χ1) is 11.6. The number of carbonyl (C=O) groups excluding carboxylic acids is 3. The minimum absolute atomic E-state index is 0.107. The molecule has 8 nitrogen and oxygen atoms in total. The highest BCUT2D eigenvalue weighted by Crippen LogP contribution is 2.11. The van der Waals surface area contributed by atoms with Crippen molar-refractivity contribution in [2.75, 3.05) is 13.1 Å². The molecule has 4 N–H and O–H groups in total. The summed E-state index contributed by atoms with van der Waals surface area (Å²) in [7, 11) is 0. The number of amides is 3. The van der Waals surface area contributed by atoms with Crippen LogP contribution in [0.15, 0.2) is 0 Å². The van der Waals surface area contributed by atoms with Crippen LogP contribution in [-0.4, -0.2) is 42.6 Å². The summed E-state index contributed by atoms with van der Waals surface area (Å²) in [6.07, 6.45) is 1.27. The summed E-state index contributed by atoms with van der Waals surface area (Å²) >= 11 is 0. The van der Waals surface area contributed by atoms with E-state index in [-0.39, 0.29) is 17.7 Å². The van der Waals surface area contributed by atoms with Crippen molar-refractivity contribution in [2.24, 2.45) is 11.8 Å². The molecule has 1 saturated heterocycles. The topological polar surface area (TPSA) is 109 Å². The maximum absolute atomic E-state index is 12.4. The number of nitrogens with one attached hydrogen (secondary N) is 4. The number of hydrazine groups is 1. The van der Waals surface area contributed by atoms with Crippen molar-refractivity contribution in [2.45, 2.75) is 65.5 Å². The third-order valence-electron chi connectivity index (χ3n) is 3.73. The first kappa shape index (κ1) is 21.2. The lowest BCUT2D eigenvalue weighted by Gasteiger charge is -2.25. The SMILES string of the molecule is CC(C)C[C@@H](NC(=O)OC(C)(C)C)C(=O)NNC(=O)C1CCNCC1. The number of rotatable bonds is 5. The molecule has 0 radical (unpaired) electrons. The molecule has 1 heterocycles. The van der Waals surface area contributed by atoms with Crippen LogP contribution >= 0.6 is 0 Å². The summed E-state index contributed by atoms with van der Waals surface area (Å²) in [6.45, 7) is 10.7. The van der Waals surface area contributed by atoms with Crippen molar-refractivity contribution in [3.63, 3.8) is 0 Å². The van der Waals surface area contributed by atoms with Crippen LogP contribution in [0.2, 0.25) is 0 Å². The van der Waals surface area contributed by atoms with Gasteiger partial charge in [-0.1, -0.05) is 13.8 Å². The Bertz CT molecular complexity index is 468. The van der Waals surface area contributed by atoms with Crippen LogP contribution in [0.5, 0.6) is 0 Å². The summed E-state index contributed by atoms with van der Waals surface area (Å²) in [5.41, 5.74) is 4.25. The van der Waals surface area contributed by atoms with E-state index in [9.17, 15) is 14.4 Å². The minimum atomic E-state index is -0.775. The minimum Gasteiger partial charge on any atom is -0.444 e. The molecule has 0 aromatic heterocycles. The van der Waals surface area contributed by atoms with E-state index in [4.69, 9.17) is 4.74 Å². The highest BCUT2D eigenvalue weighted by atomic mass is 16.6. The Morgan fingerprint density at radius 3 is 2.24 bits per heavy atom. The van der Waals surface area contributed by atoms with E-state index in [1.54, 1.807) is 20.8 Å². The Hall–Kier alpha value is -1.83. The first-order valence-electron chi connectivity index (χ1n) is 8.88. The molecule has 1 aliphatic rings. The maximum atomic E-state index is 12.4. The molecule has 1 rings (SSSR count). The van der Waals surface area contributed by atoms with Gasteiger partial charge in [0.1, 0.15) is 11.6 Å². The number of piperidine rings is 1. The molecule has 25 heavy (non-hydrogen) atoms. The average molecular weight is 356 g/mol. The predicted molar refractivity (Wildman–Crippen MR) is 94.5 cm³/mol. The van der Waals surface area contributed by atoms with Gasteiger partial charge >= 0.3 is 6.09 Å². The van der Waals surface area contributed by atoms with Gasteiger partial charge in [0.2, 0.25) is 5.91 Å². The normalized spacial score (nSPS) is 16.9. The van der Waals surface area contributed by atoms with Crippen molar-refractivity contribution in [3.8, 4) is 0 Å². The molecular weight excluding hydrogens is 324 g/mol. The Balaban J connectivity index is 2.54. The van der Waals surface area contributed by atoms with Gasteiger partial charge in [-0.05, 0) is 59.0 Å². The quantitative estimate of drug-likeness (QED) is 0.551. The van der Waals surface area contributed by atoms with E-state index in [0.717, 1.165) is 25.9 Å². The Kier molecular flexibility index (Phi) is 8.15. The predicted octanol–water partition coefficient (Wildman–Crippen LogP) is 1.07. The smallest absolute Gasteiger partial charge is 0.408 e. The molecule has 0 aromatic carbocycles. The molecule has 1 atom stereocenters. The zero-order valence-corrected chi connectivity index (χ0v) is 15.9. The van der Waals surface area contributed by atoms with E-state index in [1.807, 2.05) is 13.8 Å². The van der Waals surface area contributed by atoms with Crippen molar-refractivity contribution < 1.29 is 19.1 Å². The Morgan fingerprint density at radius 2 is 1.72 bits per heavy atom. The fourth-order valence-electron chi connectivity index (χ4n) is 2.55. The molecule has 8 heteroatoms. The lowest BCUT2D eigenvalue weighted by molar-refractivity contribution is -0.132. The van der Waals surface area contributed by atoms with Gasteiger partial charge < -0.3 is 15.4 Å². The van der Waals surface area contributed by atoms with Crippen molar-refractivity contribution >= 4 is 17.9 Å². The molecule has 0 bridgehead atoms. The second-order valence-electron chi connectivity index (χ2n) is 7.83. The van der Waals surface area contributed by atoms with Gasteiger partial charge in [-0.3, -0.25) is 20.4 Å². The van der Waals surface area contributed by atoms with Crippen molar-refractivity contribution in [1.29, 1.82) is 0 Å². The van der Waals surface area contributed by atoms with Gasteiger partial charge in [-0.15, -0.1) is 0 Å². The summed E-state index contributed by atoms with van der Waals surface area (Å²) in [6, 6.07) is -0.775. The van der Waals surface area contributed by atoms with E-state index in [2.05, 4.69) is 21.5 Å². The largest absolute Gasteiger partial charge is 0.444 e. The summed E-state index contributed by atoms with van der Waals surface area (Å²) < 4.78 is 5.20. The van der Waals surface area contributed by atoms with Crippen LogP contribution < -0.4 is 21.5 Å². The standard InChI is InChI=1S/C17H32N4O4/c1-11(2)10-13(19-16(24)25-17(3,4)5)15(23)21-20-14(22)12-6-8-18-9-7-12/h11-13,18H,6-10H2,1-5H3,(H,19,24)(H,20,22)(H,21,23)/t13-/m1/s1. The summed E-state index contributed by atoms with van der Waals surface area (Å²) in [5.74, 6) is -0.577.